The van der Waals surface area contributed by atoms with Gasteiger partial charge in [-0.3, -0.25) is 0 Å². The standard InChI is InChI=1S/C11H19N3S/c1-3-9-5-4-8(2)14(9)11-13-7-10(6-12)15-11/h7-9H,3-6,12H2,1-2H3. The molecule has 1 aromatic heterocycles. The van der Waals surface area contributed by atoms with E-state index in [0.29, 0.717) is 18.6 Å². The first kappa shape index (κ1) is 10.9. The third-order valence-corrected chi connectivity index (χ3v) is 4.25. The molecule has 1 saturated heterocycles. The summed E-state index contributed by atoms with van der Waals surface area (Å²) in [6, 6.07) is 1.31. The molecule has 0 radical (unpaired) electrons. The van der Waals surface area contributed by atoms with Crippen molar-refractivity contribution in [3.8, 4) is 0 Å². The van der Waals surface area contributed by atoms with E-state index in [1.165, 1.54) is 24.1 Å². The van der Waals surface area contributed by atoms with Crippen LogP contribution in [0.25, 0.3) is 0 Å². The van der Waals surface area contributed by atoms with E-state index < -0.39 is 0 Å². The maximum atomic E-state index is 5.62. The quantitative estimate of drug-likeness (QED) is 0.858. The van der Waals surface area contributed by atoms with Gasteiger partial charge in [-0.15, -0.1) is 11.3 Å². The second-order valence-electron chi connectivity index (χ2n) is 4.21. The van der Waals surface area contributed by atoms with Crippen LogP contribution in [0, 0.1) is 0 Å². The fraction of sp³-hybridized carbons (Fsp3) is 0.727. The number of aromatic nitrogens is 1. The second kappa shape index (κ2) is 4.49. The Labute approximate surface area is 95.3 Å². The highest BCUT2D eigenvalue weighted by Gasteiger charge is 2.31. The van der Waals surface area contributed by atoms with Gasteiger partial charge in [-0.1, -0.05) is 6.92 Å². The average molecular weight is 225 g/mol. The summed E-state index contributed by atoms with van der Waals surface area (Å²) in [6.45, 7) is 5.16. The molecule has 0 saturated carbocycles. The molecule has 1 aromatic rings. The fourth-order valence-corrected chi connectivity index (χ4v) is 3.29. The Balaban J connectivity index is 2.20. The van der Waals surface area contributed by atoms with Crippen LogP contribution >= 0.6 is 11.3 Å². The molecule has 3 nitrogen and oxygen atoms in total. The van der Waals surface area contributed by atoms with Crippen LogP contribution in [-0.2, 0) is 6.54 Å². The third-order valence-electron chi connectivity index (χ3n) is 3.22. The number of hydrogen-bond donors (Lipinski definition) is 1. The number of hydrogen-bond acceptors (Lipinski definition) is 4. The molecule has 0 aromatic carbocycles. The number of anilines is 1. The molecule has 0 bridgehead atoms. The van der Waals surface area contributed by atoms with Crippen molar-refractivity contribution in [3.63, 3.8) is 0 Å². The summed E-state index contributed by atoms with van der Waals surface area (Å²) in [5, 5.41) is 1.16. The normalized spacial score (nSPS) is 26.2. The molecule has 1 fully saturated rings. The first-order valence-electron chi connectivity index (χ1n) is 5.69. The summed E-state index contributed by atoms with van der Waals surface area (Å²) in [4.78, 5) is 8.14. The predicted octanol–water partition coefficient (Wildman–Crippen LogP) is 2.37. The molecule has 2 N–H and O–H groups in total. The monoisotopic (exact) mass is 225 g/mol. The molecule has 2 atom stereocenters. The minimum absolute atomic E-state index is 0.608. The molecule has 1 aliphatic rings. The van der Waals surface area contributed by atoms with Crippen LogP contribution in [-0.4, -0.2) is 17.1 Å². The summed E-state index contributed by atoms with van der Waals surface area (Å²) >= 11 is 1.74. The van der Waals surface area contributed by atoms with Gasteiger partial charge >= 0.3 is 0 Å². The highest BCUT2D eigenvalue weighted by Crippen LogP contribution is 2.34. The van der Waals surface area contributed by atoms with E-state index in [2.05, 4.69) is 23.7 Å². The molecule has 15 heavy (non-hydrogen) atoms. The number of nitrogens with zero attached hydrogens (tertiary/aromatic N) is 2. The van der Waals surface area contributed by atoms with Gasteiger partial charge in [0.2, 0.25) is 0 Å². The summed E-state index contributed by atoms with van der Waals surface area (Å²) in [5.74, 6) is 0. The van der Waals surface area contributed by atoms with E-state index in [9.17, 15) is 0 Å². The molecule has 0 aliphatic carbocycles. The van der Waals surface area contributed by atoms with Crippen molar-refractivity contribution < 1.29 is 0 Å². The minimum Gasteiger partial charge on any atom is -0.342 e. The van der Waals surface area contributed by atoms with Gasteiger partial charge in [0.05, 0.1) is 0 Å². The molecular weight excluding hydrogens is 206 g/mol. The Bertz CT molecular complexity index is 323. The zero-order chi connectivity index (χ0) is 10.8. The van der Waals surface area contributed by atoms with Crippen molar-refractivity contribution in [1.29, 1.82) is 0 Å². The van der Waals surface area contributed by atoms with Gasteiger partial charge in [0.1, 0.15) is 0 Å². The van der Waals surface area contributed by atoms with Gasteiger partial charge in [-0.25, -0.2) is 4.98 Å². The van der Waals surface area contributed by atoms with E-state index in [-0.39, 0.29) is 0 Å². The lowest BCUT2D eigenvalue weighted by Crippen LogP contribution is -2.33. The average Bonchev–Trinajstić information content (AvgIpc) is 2.83. The lowest BCUT2D eigenvalue weighted by molar-refractivity contribution is 0.626. The first-order valence-corrected chi connectivity index (χ1v) is 6.51. The summed E-state index contributed by atoms with van der Waals surface area (Å²) < 4.78 is 0. The summed E-state index contributed by atoms with van der Waals surface area (Å²) in [7, 11) is 0. The van der Waals surface area contributed by atoms with Crippen LogP contribution in [0.4, 0.5) is 5.13 Å². The van der Waals surface area contributed by atoms with Crippen LogP contribution < -0.4 is 10.6 Å². The fourth-order valence-electron chi connectivity index (χ4n) is 2.33. The van der Waals surface area contributed by atoms with E-state index in [1.54, 1.807) is 11.3 Å². The maximum absolute atomic E-state index is 5.62. The van der Waals surface area contributed by atoms with Gasteiger partial charge in [-0.2, -0.15) is 0 Å². The number of nitrogens with two attached hydrogens (primary N) is 1. The molecule has 84 valence electrons. The molecule has 2 heterocycles. The van der Waals surface area contributed by atoms with E-state index in [0.717, 1.165) is 5.13 Å². The summed E-state index contributed by atoms with van der Waals surface area (Å²) in [6.07, 6.45) is 5.71. The van der Waals surface area contributed by atoms with E-state index in [1.807, 2.05) is 6.20 Å². The highest BCUT2D eigenvalue weighted by molar-refractivity contribution is 7.15. The van der Waals surface area contributed by atoms with Crippen LogP contribution in [0.2, 0.25) is 0 Å². The van der Waals surface area contributed by atoms with Gasteiger partial charge in [-0.05, 0) is 26.2 Å². The lowest BCUT2D eigenvalue weighted by Gasteiger charge is -2.27. The highest BCUT2D eigenvalue weighted by atomic mass is 32.1. The Morgan fingerprint density at radius 3 is 3.00 bits per heavy atom. The maximum Gasteiger partial charge on any atom is 0.186 e. The predicted molar refractivity (Wildman–Crippen MR) is 65.3 cm³/mol. The molecular formula is C11H19N3S. The number of thiazole rings is 1. The van der Waals surface area contributed by atoms with Crippen LogP contribution in [0.3, 0.4) is 0 Å². The van der Waals surface area contributed by atoms with Crippen molar-refractivity contribution in [3.05, 3.63) is 11.1 Å². The van der Waals surface area contributed by atoms with Gasteiger partial charge in [0.15, 0.2) is 5.13 Å². The van der Waals surface area contributed by atoms with E-state index >= 15 is 0 Å². The molecule has 2 rings (SSSR count). The Morgan fingerprint density at radius 1 is 1.60 bits per heavy atom. The van der Waals surface area contributed by atoms with Crippen LogP contribution in [0.1, 0.15) is 38.0 Å². The topological polar surface area (TPSA) is 42.2 Å². The third kappa shape index (κ3) is 2.01. The smallest absolute Gasteiger partial charge is 0.186 e. The minimum atomic E-state index is 0.608. The lowest BCUT2D eigenvalue weighted by atomic mass is 10.2. The van der Waals surface area contributed by atoms with Crippen molar-refractivity contribution in [1.82, 2.24) is 4.98 Å². The van der Waals surface area contributed by atoms with Crippen molar-refractivity contribution in [2.45, 2.75) is 51.7 Å². The second-order valence-corrected chi connectivity index (χ2v) is 5.30. The van der Waals surface area contributed by atoms with Crippen molar-refractivity contribution in [2.24, 2.45) is 5.73 Å². The molecule has 0 spiro atoms. The van der Waals surface area contributed by atoms with E-state index in [4.69, 9.17) is 5.73 Å². The van der Waals surface area contributed by atoms with Crippen LogP contribution in [0.5, 0.6) is 0 Å². The zero-order valence-electron chi connectivity index (χ0n) is 9.44. The molecule has 2 unspecified atom stereocenters. The molecule has 1 aliphatic heterocycles. The molecule has 0 amide bonds. The van der Waals surface area contributed by atoms with Gasteiger partial charge in [0.25, 0.3) is 0 Å². The Kier molecular flexibility index (Phi) is 3.26. The largest absolute Gasteiger partial charge is 0.342 e. The van der Waals surface area contributed by atoms with Crippen molar-refractivity contribution in [2.75, 3.05) is 4.90 Å². The zero-order valence-corrected chi connectivity index (χ0v) is 10.3. The van der Waals surface area contributed by atoms with Crippen LogP contribution in [0.15, 0.2) is 6.20 Å². The van der Waals surface area contributed by atoms with Gasteiger partial charge < -0.3 is 10.6 Å². The first-order chi connectivity index (χ1) is 7.26. The molecule has 4 heteroatoms. The summed E-state index contributed by atoms with van der Waals surface area (Å²) in [5.41, 5.74) is 5.62. The Hall–Kier alpha value is -0.610. The van der Waals surface area contributed by atoms with Gasteiger partial charge in [0, 0.05) is 29.7 Å². The number of rotatable bonds is 3. The SMILES string of the molecule is CCC1CCC(C)N1c1ncc(CN)s1. The Morgan fingerprint density at radius 2 is 2.40 bits per heavy atom. The van der Waals surface area contributed by atoms with Crippen molar-refractivity contribution >= 4 is 16.5 Å².